The van der Waals surface area contributed by atoms with Gasteiger partial charge in [-0.25, -0.2) is 8.78 Å². The zero-order valence-electron chi connectivity index (χ0n) is 18.2. The van der Waals surface area contributed by atoms with Crippen molar-refractivity contribution in [2.45, 2.75) is 25.4 Å². The summed E-state index contributed by atoms with van der Waals surface area (Å²) in [5, 5.41) is 2.56. The molecule has 1 amide bonds. The molecule has 0 aromatic heterocycles. The van der Waals surface area contributed by atoms with Crippen LogP contribution in [0.3, 0.4) is 0 Å². The van der Waals surface area contributed by atoms with Gasteiger partial charge in [0, 0.05) is 30.8 Å². The number of carbonyl (C=O) groups is 2. The first-order valence-corrected chi connectivity index (χ1v) is 10.8. The molecule has 2 aromatic carbocycles. The van der Waals surface area contributed by atoms with Crippen LogP contribution in [0.2, 0.25) is 0 Å². The Balaban J connectivity index is 1.37. The molecule has 34 heavy (non-hydrogen) atoms. The average Bonchev–Trinajstić information content (AvgIpc) is 2.98. The zero-order valence-corrected chi connectivity index (χ0v) is 18.2. The van der Waals surface area contributed by atoms with Crippen molar-refractivity contribution in [3.05, 3.63) is 95.3 Å². The highest BCUT2D eigenvalue weighted by Gasteiger charge is 2.23. The fourth-order valence-electron chi connectivity index (χ4n) is 3.72. The lowest BCUT2D eigenvalue weighted by molar-refractivity contribution is -0.120. The van der Waals surface area contributed by atoms with E-state index in [1.165, 1.54) is 36.6 Å². The van der Waals surface area contributed by atoms with Crippen LogP contribution in [-0.4, -0.2) is 24.1 Å². The number of rotatable bonds is 6. The molecule has 1 aliphatic heterocycles. The van der Waals surface area contributed by atoms with Crippen LogP contribution in [0.15, 0.2) is 83.1 Å². The lowest BCUT2D eigenvalue weighted by atomic mass is 9.93. The predicted octanol–water partition coefficient (Wildman–Crippen LogP) is 4.24. The van der Waals surface area contributed by atoms with Crippen LogP contribution in [0.4, 0.5) is 14.5 Å². The molecule has 0 fully saturated rings. The molecule has 2 aliphatic rings. The third kappa shape index (κ3) is 5.90. The van der Waals surface area contributed by atoms with Crippen molar-refractivity contribution in [1.29, 1.82) is 0 Å². The number of allylic oxidation sites excluding steroid dienone is 4. The van der Waals surface area contributed by atoms with Gasteiger partial charge in [0.1, 0.15) is 17.7 Å². The summed E-state index contributed by atoms with van der Waals surface area (Å²) in [6.07, 6.45) is 8.68. The number of amides is 1. The number of anilines is 1. The number of nitrogens with two attached hydrogens (primary N) is 1. The van der Waals surface area contributed by atoms with Crippen LogP contribution < -0.4 is 15.8 Å². The van der Waals surface area contributed by atoms with Gasteiger partial charge in [-0.05, 0) is 54.3 Å². The normalized spacial score (nSPS) is 19.8. The van der Waals surface area contributed by atoms with Crippen molar-refractivity contribution in [3.63, 3.8) is 0 Å². The number of carbonyl (C=O) groups excluding carboxylic acids is 2. The summed E-state index contributed by atoms with van der Waals surface area (Å²) in [5.74, 6) is -1.59. The maximum atomic E-state index is 14.5. The number of halogens is 2. The maximum absolute atomic E-state index is 14.5. The lowest BCUT2D eigenvalue weighted by Crippen LogP contribution is -2.22. The van der Waals surface area contributed by atoms with Crippen molar-refractivity contribution in [1.82, 2.24) is 0 Å². The molecule has 0 radical (unpaired) electrons. The summed E-state index contributed by atoms with van der Waals surface area (Å²) in [4.78, 5) is 29.4. The Bertz CT molecular complexity index is 1220. The van der Waals surface area contributed by atoms with E-state index in [1.54, 1.807) is 24.3 Å². The summed E-state index contributed by atoms with van der Waals surface area (Å²) in [6.45, 7) is 0. The molecule has 0 bridgehead atoms. The second-order valence-electron chi connectivity index (χ2n) is 8.09. The van der Waals surface area contributed by atoms with Gasteiger partial charge >= 0.3 is 0 Å². The molecule has 2 aromatic rings. The van der Waals surface area contributed by atoms with Gasteiger partial charge in [0.2, 0.25) is 0 Å². The van der Waals surface area contributed by atoms with E-state index in [0.717, 1.165) is 11.6 Å². The Kier molecular flexibility index (Phi) is 7.08. The monoisotopic (exact) mass is 463 g/mol. The number of nitrogens with zero attached hydrogens (tertiary/aromatic N) is 1. The van der Waals surface area contributed by atoms with Gasteiger partial charge in [0.25, 0.3) is 5.91 Å². The molecule has 8 heteroatoms. The summed E-state index contributed by atoms with van der Waals surface area (Å²) < 4.78 is 33.2. The Morgan fingerprint density at radius 2 is 1.91 bits per heavy atom. The summed E-state index contributed by atoms with van der Waals surface area (Å²) >= 11 is 0. The number of benzene rings is 2. The largest absolute Gasteiger partial charge is 0.458 e. The highest BCUT2D eigenvalue weighted by atomic mass is 19.1. The Labute approximate surface area is 195 Å². The number of hydrogen-bond acceptors (Lipinski definition) is 5. The number of Topliss-reactive ketones (excluding diaryl/α,β-unsaturated/α-hetero) is 1. The highest BCUT2D eigenvalue weighted by molar-refractivity contribution is 6.23. The standard InChI is InChI=1S/C26H23F2N3O3/c27-18-6-4-16(5-7-18)12-17-2-1-3-21(23(32)13-17)26(33)31-19-8-9-24(22(28)14-19)34-20-10-11-30-25(29)15-20/h1-11,14,17,25H,12-13,15,29H2,(H,31,33). The first kappa shape index (κ1) is 23.3. The number of ketones is 1. The summed E-state index contributed by atoms with van der Waals surface area (Å²) in [7, 11) is 0. The van der Waals surface area contributed by atoms with Gasteiger partial charge in [0.05, 0.1) is 5.57 Å². The van der Waals surface area contributed by atoms with Crippen LogP contribution in [0, 0.1) is 17.6 Å². The van der Waals surface area contributed by atoms with Crippen LogP contribution in [0.1, 0.15) is 18.4 Å². The van der Waals surface area contributed by atoms with Crippen molar-refractivity contribution < 1.29 is 23.1 Å². The molecular formula is C26H23F2N3O3. The quantitative estimate of drug-likeness (QED) is 0.627. The minimum absolute atomic E-state index is 0.0110. The Morgan fingerprint density at radius 1 is 1.12 bits per heavy atom. The topological polar surface area (TPSA) is 93.8 Å². The molecule has 2 atom stereocenters. The van der Waals surface area contributed by atoms with Gasteiger partial charge in [-0.15, -0.1) is 0 Å². The first-order chi connectivity index (χ1) is 16.4. The van der Waals surface area contributed by atoms with Gasteiger partial charge in [-0.1, -0.05) is 24.3 Å². The average molecular weight is 463 g/mol. The van der Waals surface area contributed by atoms with Crippen molar-refractivity contribution in [2.75, 3.05) is 5.32 Å². The van der Waals surface area contributed by atoms with Crippen LogP contribution in [-0.2, 0) is 16.0 Å². The van der Waals surface area contributed by atoms with Crippen molar-refractivity contribution in [2.24, 2.45) is 16.6 Å². The Hall–Kier alpha value is -3.91. The number of hydrogen-bond donors (Lipinski definition) is 2. The number of dihydropyridines is 1. The fraction of sp³-hybridized carbons (Fsp3) is 0.192. The van der Waals surface area contributed by atoms with E-state index >= 15 is 0 Å². The van der Waals surface area contributed by atoms with Crippen molar-refractivity contribution >= 4 is 23.6 Å². The minimum atomic E-state index is -0.671. The number of ether oxygens (including phenoxy) is 1. The maximum Gasteiger partial charge on any atom is 0.259 e. The van der Waals surface area contributed by atoms with Gasteiger partial charge < -0.3 is 15.8 Å². The molecule has 1 heterocycles. The molecule has 1 aliphatic carbocycles. The van der Waals surface area contributed by atoms with E-state index in [1.807, 2.05) is 6.08 Å². The number of aliphatic imine (C=N–C) groups is 1. The molecule has 6 nitrogen and oxygen atoms in total. The second-order valence-corrected chi connectivity index (χ2v) is 8.09. The van der Waals surface area contributed by atoms with Crippen molar-refractivity contribution in [3.8, 4) is 5.75 Å². The third-order valence-corrected chi connectivity index (χ3v) is 5.43. The first-order valence-electron chi connectivity index (χ1n) is 10.8. The zero-order chi connectivity index (χ0) is 24.1. The molecular weight excluding hydrogens is 440 g/mol. The highest BCUT2D eigenvalue weighted by Crippen LogP contribution is 2.26. The molecule has 0 saturated heterocycles. The summed E-state index contributed by atoms with van der Waals surface area (Å²) in [5.41, 5.74) is 6.80. The third-order valence-electron chi connectivity index (χ3n) is 5.43. The van der Waals surface area contributed by atoms with Crippen LogP contribution in [0.5, 0.6) is 5.75 Å². The van der Waals surface area contributed by atoms with E-state index in [9.17, 15) is 18.4 Å². The Morgan fingerprint density at radius 3 is 2.65 bits per heavy atom. The van der Waals surface area contributed by atoms with E-state index in [4.69, 9.17) is 10.5 Å². The molecule has 0 saturated carbocycles. The van der Waals surface area contributed by atoms with Gasteiger partial charge in [-0.2, -0.15) is 0 Å². The number of nitrogens with one attached hydrogen (secondary N) is 1. The van der Waals surface area contributed by atoms with E-state index in [0.29, 0.717) is 18.6 Å². The second kappa shape index (κ2) is 10.4. The molecule has 174 valence electrons. The van der Waals surface area contributed by atoms with E-state index in [-0.39, 0.29) is 40.9 Å². The SMILES string of the molecule is NC1CC(Oc2ccc(NC(=O)C3=CC=CC(Cc4ccc(F)cc4)CC3=O)cc2F)=CC=N1. The predicted molar refractivity (Wildman–Crippen MR) is 125 cm³/mol. The van der Waals surface area contributed by atoms with Gasteiger partial charge in [0.15, 0.2) is 17.3 Å². The lowest BCUT2D eigenvalue weighted by Gasteiger charge is -2.16. The summed E-state index contributed by atoms with van der Waals surface area (Å²) in [6, 6.07) is 10.1. The molecule has 4 rings (SSSR count). The van der Waals surface area contributed by atoms with Crippen LogP contribution >= 0.6 is 0 Å². The van der Waals surface area contributed by atoms with Gasteiger partial charge in [-0.3, -0.25) is 14.6 Å². The fourth-order valence-corrected chi connectivity index (χ4v) is 3.72. The smallest absolute Gasteiger partial charge is 0.259 e. The molecule has 2 unspecified atom stereocenters. The molecule has 0 spiro atoms. The minimum Gasteiger partial charge on any atom is -0.458 e. The van der Waals surface area contributed by atoms with E-state index in [2.05, 4.69) is 10.3 Å². The molecule has 3 N–H and O–H groups in total. The van der Waals surface area contributed by atoms with E-state index < -0.39 is 17.9 Å². The van der Waals surface area contributed by atoms with Crippen LogP contribution in [0.25, 0.3) is 0 Å².